The Morgan fingerprint density at radius 3 is 2.16 bits per heavy atom. The first kappa shape index (κ1) is 16.7. The molecule has 0 aromatic carbocycles. The van der Waals surface area contributed by atoms with Gasteiger partial charge >= 0.3 is 0 Å². The minimum absolute atomic E-state index is 0.294. The molecule has 1 rings (SSSR count). The number of nitrogens with zero attached hydrogens (tertiary/aromatic N) is 2. The summed E-state index contributed by atoms with van der Waals surface area (Å²) in [6, 6.07) is 0. The summed E-state index contributed by atoms with van der Waals surface area (Å²) >= 11 is 3.41. The van der Waals surface area contributed by atoms with Crippen LogP contribution in [0.2, 0.25) is 0 Å². The lowest BCUT2D eigenvalue weighted by molar-refractivity contribution is 0.398. The second kappa shape index (κ2) is 5.93. The summed E-state index contributed by atoms with van der Waals surface area (Å²) < 4.78 is 29.6. The highest BCUT2D eigenvalue weighted by Crippen LogP contribution is 2.24. The number of nitrogens with one attached hydrogen (secondary N) is 1. The van der Waals surface area contributed by atoms with Crippen LogP contribution in [0.4, 0.5) is 0 Å². The van der Waals surface area contributed by atoms with E-state index in [1.807, 2.05) is 13.8 Å². The van der Waals surface area contributed by atoms with Gasteiger partial charge in [0.1, 0.15) is 4.90 Å². The van der Waals surface area contributed by atoms with Gasteiger partial charge < -0.3 is 0 Å². The molecular weight excluding hydrogens is 330 g/mol. The maximum Gasteiger partial charge on any atom is 0.244 e. The van der Waals surface area contributed by atoms with E-state index < -0.39 is 15.6 Å². The number of hydrogen-bond acceptors (Lipinski definition) is 3. The third-order valence-electron chi connectivity index (χ3n) is 3.67. The summed E-state index contributed by atoms with van der Waals surface area (Å²) in [4.78, 5) is 0.294. The zero-order valence-corrected chi connectivity index (χ0v) is 14.5. The second-order valence-corrected chi connectivity index (χ2v) is 7.03. The molecule has 0 fully saturated rings. The lowest BCUT2D eigenvalue weighted by atomic mass is 9.97. The van der Waals surface area contributed by atoms with E-state index >= 15 is 0 Å². The van der Waals surface area contributed by atoms with Crippen LogP contribution in [0.25, 0.3) is 0 Å². The minimum atomic E-state index is -3.56. The van der Waals surface area contributed by atoms with Gasteiger partial charge in [0, 0.05) is 17.9 Å². The SMILES string of the molecule is CCC(CC)(CBr)NS(=O)(=O)c1c(C)nn(C)c1C. The maximum absolute atomic E-state index is 12.6. The van der Waals surface area contributed by atoms with Crippen molar-refractivity contribution in [2.24, 2.45) is 7.05 Å². The van der Waals surface area contributed by atoms with Crippen LogP contribution in [0.5, 0.6) is 0 Å². The highest BCUT2D eigenvalue weighted by Gasteiger charge is 2.33. The molecule has 1 N–H and O–H groups in total. The van der Waals surface area contributed by atoms with Gasteiger partial charge in [-0.3, -0.25) is 4.68 Å². The molecule has 1 heterocycles. The Kier molecular flexibility index (Phi) is 5.20. The van der Waals surface area contributed by atoms with Crippen molar-refractivity contribution in [3.63, 3.8) is 0 Å². The van der Waals surface area contributed by atoms with Crippen molar-refractivity contribution < 1.29 is 8.42 Å². The average molecular weight is 352 g/mol. The minimum Gasteiger partial charge on any atom is -0.271 e. The van der Waals surface area contributed by atoms with E-state index in [4.69, 9.17) is 0 Å². The highest BCUT2D eigenvalue weighted by molar-refractivity contribution is 9.09. The molecule has 1 aromatic rings. The third-order valence-corrected chi connectivity index (χ3v) is 6.57. The molecule has 7 heteroatoms. The number of hydrogen-bond donors (Lipinski definition) is 1. The van der Waals surface area contributed by atoms with E-state index in [2.05, 4.69) is 25.8 Å². The Labute approximate surface area is 124 Å². The third kappa shape index (κ3) is 3.20. The lowest BCUT2D eigenvalue weighted by Crippen LogP contribution is -2.49. The number of rotatable bonds is 6. The van der Waals surface area contributed by atoms with Gasteiger partial charge in [-0.2, -0.15) is 5.10 Å². The fourth-order valence-electron chi connectivity index (χ4n) is 2.09. The largest absolute Gasteiger partial charge is 0.271 e. The summed E-state index contributed by atoms with van der Waals surface area (Å²) in [6.07, 6.45) is 1.46. The Balaban J connectivity index is 3.25. The van der Waals surface area contributed by atoms with Crippen LogP contribution >= 0.6 is 15.9 Å². The van der Waals surface area contributed by atoms with Crippen LogP contribution in [0.1, 0.15) is 38.1 Å². The van der Waals surface area contributed by atoms with E-state index in [-0.39, 0.29) is 0 Å². The molecular formula is C12H22BrN3O2S. The predicted octanol–water partition coefficient (Wildman–Crippen LogP) is 2.27. The smallest absolute Gasteiger partial charge is 0.244 e. The van der Waals surface area contributed by atoms with Crippen LogP contribution in [-0.4, -0.2) is 29.1 Å². The van der Waals surface area contributed by atoms with Gasteiger partial charge in [0.05, 0.1) is 11.4 Å². The van der Waals surface area contributed by atoms with Crippen molar-refractivity contribution in [2.75, 3.05) is 5.33 Å². The van der Waals surface area contributed by atoms with Gasteiger partial charge in [-0.05, 0) is 26.7 Å². The van der Waals surface area contributed by atoms with Crippen LogP contribution in [0, 0.1) is 13.8 Å². The first-order valence-electron chi connectivity index (χ1n) is 6.33. The van der Waals surface area contributed by atoms with Crippen molar-refractivity contribution >= 4 is 26.0 Å². The molecule has 0 amide bonds. The molecule has 0 aliphatic rings. The normalized spacial score (nSPS) is 12.9. The molecule has 0 saturated heterocycles. The van der Waals surface area contributed by atoms with Gasteiger partial charge in [-0.25, -0.2) is 13.1 Å². The van der Waals surface area contributed by atoms with Crippen molar-refractivity contribution in [2.45, 2.75) is 51.0 Å². The van der Waals surface area contributed by atoms with E-state index in [0.717, 1.165) is 12.8 Å². The molecule has 0 aliphatic heterocycles. The van der Waals surface area contributed by atoms with Crippen LogP contribution in [0.3, 0.4) is 0 Å². The van der Waals surface area contributed by atoms with Gasteiger partial charge in [-0.15, -0.1) is 0 Å². The predicted molar refractivity (Wildman–Crippen MR) is 80.1 cm³/mol. The zero-order valence-electron chi connectivity index (χ0n) is 12.1. The van der Waals surface area contributed by atoms with Crippen molar-refractivity contribution in [3.05, 3.63) is 11.4 Å². The molecule has 0 aliphatic carbocycles. The molecule has 0 bridgehead atoms. The molecule has 0 atom stereocenters. The lowest BCUT2D eigenvalue weighted by Gasteiger charge is -2.30. The zero-order chi connectivity index (χ0) is 14.8. The molecule has 0 saturated carbocycles. The number of alkyl halides is 1. The summed E-state index contributed by atoms with van der Waals surface area (Å²) in [5.41, 5.74) is 0.733. The van der Waals surface area contributed by atoms with Crippen molar-refractivity contribution in [3.8, 4) is 0 Å². The van der Waals surface area contributed by atoms with E-state index in [1.54, 1.807) is 25.6 Å². The summed E-state index contributed by atoms with van der Waals surface area (Å²) in [5, 5.41) is 4.76. The van der Waals surface area contributed by atoms with E-state index in [1.165, 1.54) is 0 Å². The summed E-state index contributed by atoms with van der Waals surface area (Å²) in [5.74, 6) is 0. The molecule has 0 unspecified atom stereocenters. The van der Waals surface area contributed by atoms with Gasteiger partial charge in [0.25, 0.3) is 0 Å². The number of sulfonamides is 1. The Bertz CT molecular complexity index is 539. The fourth-order valence-corrected chi connectivity index (χ4v) is 5.19. The monoisotopic (exact) mass is 351 g/mol. The molecule has 0 radical (unpaired) electrons. The number of halogens is 1. The maximum atomic E-state index is 12.6. The highest BCUT2D eigenvalue weighted by atomic mass is 79.9. The van der Waals surface area contributed by atoms with Gasteiger partial charge in [-0.1, -0.05) is 29.8 Å². The first-order chi connectivity index (χ1) is 8.73. The summed E-state index contributed by atoms with van der Waals surface area (Å²) in [6.45, 7) is 7.45. The quantitative estimate of drug-likeness (QED) is 0.799. The first-order valence-corrected chi connectivity index (χ1v) is 8.93. The second-order valence-electron chi connectivity index (χ2n) is 4.85. The van der Waals surface area contributed by atoms with Gasteiger partial charge in [0.2, 0.25) is 10.0 Å². The van der Waals surface area contributed by atoms with Gasteiger partial charge in [0.15, 0.2) is 0 Å². The molecule has 110 valence electrons. The summed E-state index contributed by atoms with van der Waals surface area (Å²) in [7, 11) is -1.81. The van der Waals surface area contributed by atoms with Crippen molar-refractivity contribution in [1.82, 2.24) is 14.5 Å². The molecule has 19 heavy (non-hydrogen) atoms. The van der Waals surface area contributed by atoms with Crippen molar-refractivity contribution in [1.29, 1.82) is 0 Å². The molecule has 5 nitrogen and oxygen atoms in total. The van der Waals surface area contributed by atoms with E-state index in [9.17, 15) is 8.42 Å². The van der Waals surface area contributed by atoms with Crippen LogP contribution in [-0.2, 0) is 17.1 Å². The standard InChI is InChI=1S/C12H22BrN3O2S/c1-6-12(7-2,8-13)15-19(17,18)11-9(3)14-16(5)10(11)4/h15H,6-8H2,1-5H3. The Morgan fingerprint density at radius 1 is 1.32 bits per heavy atom. The fraction of sp³-hybridized carbons (Fsp3) is 0.750. The number of aryl methyl sites for hydroxylation is 2. The topological polar surface area (TPSA) is 64.0 Å². The molecule has 1 aromatic heterocycles. The Morgan fingerprint density at radius 2 is 1.84 bits per heavy atom. The van der Waals surface area contributed by atoms with Crippen LogP contribution < -0.4 is 4.72 Å². The van der Waals surface area contributed by atoms with Crippen LogP contribution in [0.15, 0.2) is 4.90 Å². The number of aromatic nitrogens is 2. The Hall–Kier alpha value is -0.400. The molecule has 0 spiro atoms. The van der Waals surface area contributed by atoms with E-state index in [0.29, 0.717) is 21.6 Å². The average Bonchev–Trinajstić information content (AvgIpc) is 2.61.